The van der Waals surface area contributed by atoms with Crippen molar-refractivity contribution in [2.75, 3.05) is 0 Å². The molecule has 0 atom stereocenters. The number of hydrogen-bond donors (Lipinski definition) is 1. The second kappa shape index (κ2) is 4.22. The lowest BCUT2D eigenvalue weighted by atomic mass is 10.3. The van der Waals surface area contributed by atoms with Crippen molar-refractivity contribution in [3.8, 4) is 0 Å². The van der Waals surface area contributed by atoms with Crippen LogP contribution in [0, 0.1) is 0 Å². The van der Waals surface area contributed by atoms with Crippen molar-refractivity contribution in [3.63, 3.8) is 0 Å². The summed E-state index contributed by atoms with van der Waals surface area (Å²) in [6.45, 7) is 4.18. The third kappa shape index (κ3) is 3.89. The summed E-state index contributed by atoms with van der Waals surface area (Å²) < 4.78 is 0. The summed E-state index contributed by atoms with van der Waals surface area (Å²) in [6, 6.07) is 0. The van der Waals surface area contributed by atoms with Crippen LogP contribution in [0.25, 0.3) is 0 Å². The second-order valence-corrected chi connectivity index (χ2v) is 1.96. The van der Waals surface area contributed by atoms with Gasteiger partial charge in [0.15, 0.2) is 0 Å². The third-order valence-electron chi connectivity index (χ3n) is 0.827. The highest BCUT2D eigenvalue weighted by Crippen LogP contribution is 2.01. The fourth-order valence-corrected chi connectivity index (χ4v) is 0.598. The Morgan fingerprint density at radius 3 is 2.57 bits per heavy atom. The topological polar surface area (TPSA) is 26.0 Å². The van der Waals surface area contributed by atoms with Gasteiger partial charge >= 0.3 is 0 Å². The van der Waals surface area contributed by atoms with Crippen molar-refractivity contribution in [1.82, 2.24) is 0 Å². The molecule has 7 heavy (non-hydrogen) atoms. The summed E-state index contributed by atoms with van der Waals surface area (Å²) in [5.74, 6) is 0. The number of rotatable bonds is 2. The molecule has 0 heterocycles. The number of allylic oxidation sites excluding steroid dienone is 1. The lowest BCUT2D eigenvalue weighted by molar-refractivity contribution is 1.11. The summed E-state index contributed by atoms with van der Waals surface area (Å²) in [4.78, 5) is 0. The third-order valence-corrected chi connectivity index (χ3v) is 1.37. The standard InChI is InChI=1S/C5H11NS/c1-3-5(2)4-7-6/h4H,3,6H2,1-2H3/b5-4-. The molecular formula is C5H11NS. The first-order valence-electron chi connectivity index (χ1n) is 2.32. The van der Waals surface area contributed by atoms with Gasteiger partial charge in [0.25, 0.3) is 0 Å². The molecule has 0 amide bonds. The second-order valence-electron chi connectivity index (χ2n) is 1.45. The van der Waals surface area contributed by atoms with E-state index < -0.39 is 0 Å². The maximum atomic E-state index is 5.15. The molecule has 0 aromatic rings. The summed E-state index contributed by atoms with van der Waals surface area (Å²) in [7, 11) is 0. The van der Waals surface area contributed by atoms with Crippen molar-refractivity contribution >= 4 is 11.9 Å². The molecule has 0 unspecified atom stereocenters. The minimum absolute atomic E-state index is 1.10. The molecule has 0 saturated carbocycles. The Bertz CT molecular complexity index is 68.5. The maximum absolute atomic E-state index is 5.15. The van der Waals surface area contributed by atoms with Gasteiger partial charge in [-0.15, -0.1) is 0 Å². The van der Waals surface area contributed by atoms with Crippen molar-refractivity contribution in [3.05, 3.63) is 11.0 Å². The molecule has 1 nitrogen and oxygen atoms in total. The van der Waals surface area contributed by atoms with E-state index in [2.05, 4.69) is 13.8 Å². The monoisotopic (exact) mass is 117 g/mol. The molecule has 0 aromatic carbocycles. The molecule has 0 fully saturated rings. The number of hydrogen-bond acceptors (Lipinski definition) is 2. The van der Waals surface area contributed by atoms with E-state index in [-0.39, 0.29) is 0 Å². The zero-order valence-corrected chi connectivity index (χ0v) is 5.59. The van der Waals surface area contributed by atoms with E-state index in [0.717, 1.165) is 6.42 Å². The Labute approximate surface area is 49.1 Å². The van der Waals surface area contributed by atoms with Gasteiger partial charge in [-0.05, 0) is 18.8 Å². The minimum atomic E-state index is 1.10. The van der Waals surface area contributed by atoms with Crippen LogP contribution in [-0.2, 0) is 0 Å². The summed E-state index contributed by atoms with van der Waals surface area (Å²) in [5, 5.41) is 7.10. The van der Waals surface area contributed by atoms with E-state index in [1.54, 1.807) is 0 Å². The Morgan fingerprint density at radius 2 is 2.43 bits per heavy atom. The van der Waals surface area contributed by atoms with Crippen LogP contribution in [0.1, 0.15) is 20.3 Å². The molecule has 0 spiro atoms. The first-order chi connectivity index (χ1) is 3.31. The molecule has 42 valence electrons. The van der Waals surface area contributed by atoms with Gasteiger partial charge in [0.2, 0.25) is 0 Å². The molecular weight excluding hydrogens is 106 g/mol. The van der Waals surface area contributed by atoms with Gasteiger partial charge in [0.05, 0.1) is 0 Å². The fourth-order valence-electron chi connectivity index (χ4n) is 0.199. The molecule has 0 aliphatic rings. The molecule has 2 N–H and O–H groups in total. The van der Waals surface area contributed by atoms with Crippen LogP contribution in [0.5, 0.6) is 0 Å². The van der Waals surface area contributed by atoms with E-state index in [9.17, 15) is 0 Å². The van der Waals surface area contributed by atoms with Crippen molar-refractivity contribution in [2.45, 2.75) is 20.3 Å². The smallest absolute Gasteiger partial charge is 0.0149 e. The highest BCUT2D eigenvalue weighted by atomic mass is 32.2. The first kappa shape index (κ1) is 7.05. The van der Waals surface area contributed by atoms with Crippen LogP contribution in [0.3, 0.4) is 0 Å². The predicted octanol–water partition coefficient (Wildman–Crippen LogP) is 1.91. The molecule has 2 heteroatoms. The van der Waals surface area contributed by atoms with Gasteiger partial charge in [-0.1, -0.05) is 24.4 Å². The predicted molar refractivity (Wildman–Crippen MR) is 35.8 cm³/mol. The van der Waals surface area contributed by atoms with Gasteiger partial charge in [-0.2, -0.15) is 0 Å². The normalized spacial score (nSPS) is 12.1. The van der Waals surface area contributed by atoms with E-state index in [0.29, 0.717) is 0 Å². The molecule has 0 radical (unpaired) electrons. The zero-order valence-electron chi connectivity index (χ0n) is 4.77. The molecule has 0 aromatic heterocycles. The average molecular weight is 117 g/mol. The fraction of sp³-hybridized carbons (Fsp3) is 0.600. The first-order valence-corrected chi connectivity index (χ1v) is 3.26. The van der Waals surface area contributed by atoms with Gasteiger partial charge < -0.3 is 0 Å². The van der Waals surface area contributed by atoms with E-state index in [1.165, 1.54) is 17.5 Å². The lowest BCUT2D eigenvalue weighted by Gasteiger charge is -1.87. The molecule has 0 aliphatic carbocycles. The zero-order chi connectivity index (χ0) is 5.70. The Hall–Kier alpha value is 0.0500. The largest absolute Gasteiger partial charge is 0.274 e. The van der Waals surface area contributed by atoms with Crippen LogP contribution in [0.15, 0.2) is 11.0 Å². The van der Waals surface area contributed by atoms with Crippen molar-refractivity contribution in [2.24, 2.45) is 5.14 Å². The summed E-state index contributed by atoms with van der Waals surface area (Å²) in [5.41, 5.74) is 1.34. The van der Waals surface area contributed by atoms with Crippen LogP contribution in [-0.4, -0.2) is 0 Å². The quantitative estimate of drug-likeness (QED) is 0.559. The Balaban J connectivity index is 3.29. The van der Waals surface area contributed by atoms with Crippen LogP contribution >= 0.6 is 11.9 Å². The van der Waals surface area contributed by atoms with Gasteiger partial charge in [-0.3, -0.25) is 5.14 Å². The van der Waals surface area contributed by atoms with E-state index in [1.807, 2.05) is 5.41 Å². The van der Waals surface area contributed by atoms with E-state index >= 15 is 0 Å². The highest BCUT2D eigenvalue weighted by Gasteiger charge is 1.77. The van der Waals surface area contributed by atoms with Crippen molar-refractivity contribution in [1.29, 1.82) is 0 Å². The van der Waals surface area contributed by atoms with Gasteiger partial charge in [0, 0.05) is 0 Å². The summed E-state index contributed by atoms with van der Waals surface area (Å²) >= 11 is 1.27. The van der Waals surface area contributed by atoms with E-state index in [4.69, 9.17) is 5.14 Å². The van der Waals surface area contributed by atoms with Gasteiger partial charge in [0.1, 0.15) is 0 Å². The number of nitrogens with two attached hydrogens (primary N) is 1. The minimum Gasteiger partial charge on any atom is -0.274 e. The Morgan fingerprint density at radius 1 is 1.86 bits per heavy atom. The van der Waals surface area contributed by atoms with Crippen LogP contribution in [0.4, 0.5) is 0 Å². The maximum Gasteiger partial charge on any atom is -0.0149 e. The van der Waals surface area contributed by atoms with Crippen LogP contribution < -0.4 is 5.14 Å². The Kier molecular flexibility index (Phi) is 4.25. The lowest BCUT2D eigenvalue weighted by Crippen LogP contribution is -1.72. The molecule has 0 saturated heterocycles. The van der Waals surface area contributed by atoms with Gasteiger partial charge in [-0.25, -0.2) is 0 Å². The van der Waals surface area contributed by atoms with Crippen LogP contribution in [0.2, 0.25) is 0 Å². The highest BCUT2D eigenvalue weighted by molar-refractivity contribution is 7.99. The summed E-state index contributed by atoms with van der Waals surface area (Å²) in [6.07, 6.45) is 1.10. The SMILES string of the molecule is CC/C(C)=C\SN. The molecule has 0 aliphatic heterocycles. The van der Waals surface area contributed by atoms with Crippen molar-refractivity contribution < 1.29 is 0 Å². The molecule has 0 rings (SSSR count). The molecule has 0 bridgehead atoms. The average Bonchev–Trinajstić information content (AvgIpc) is 1.68.